The molecule has 2 aliphatic heterocycles. The largest absolute Gasteiger partial charge is 0.471 e. The number of nitrogens with one attached hydrogen (secondary N) is 3. The third kappa shape index (κ3) is 13.6. The Labute approximate surface area is 339 Å². The molecule has 0 aromatic heterocycles. The molecule has 0 saturated carbocycles. The highest BCUT2D eigenvalue weighted by Crippen LogP contribution is 2.27. The molecule has 10 nitrogen and oxygen atoms in total. The van der Waals surface area contributed by atoms with Crippen LogP contribution in [0.3, 0.4) is 0 Å². The Morgan fingerprint density at radius 3 is 1.38 bits per heavy atom. The summed E-state index contributed by atoms with van der Waals surface area (Å²) >= 11 is 0. The smallest absolute Gasteiger partial charge is 0.348 e. The Kier molecular flexibility index (Phi) is 19.3. The summed E-state index contributed by atoms with van der Waals surface area (Å²) < 4.78 is 36.8. The van der Waals surface area contributed by atoms with Gasteiger partial charge in [0.25, 0.3) is 0 Å². The van der Waals surface area contributed by atoms with Crippen LogP contribution in [0.25, 0.3) is 0 Å². The van der Waals surface area contributed by atoms with Crippen LogP contribution in [0.5, 0.6) is 0 Å². The summed E-state index contributed by atoms with van der Waals surface area (Å²) in [5.74, 6) is 9.99. The quantitative estimate of drug-likeness (QED) is 0.151. The molecule has 4 aromatic rings. The number of alkyl halides is 3. The normalized spacial score (nSPS) is 11.5. The molecule has 0 bridgehead atoms. The summed E-state index contributed by atoms with van der Waals surface area (Å²) in [4.78, 5) is 51.2. The van der Waals surface area contributed by atoms with Gasteiger partial charge >= 0.3 is 18.1 Å². The second kappa shape index (κ2) is 23.5. The van der Waals surface area contributed by atoms with Gasteiger partial charge in [-0.15, -0.1) is 0 Å². The lowest BCUT2D eigenvalue weighted by Crippen LogP contribution is -2.40. The third-order valence-electron chi connectivity index (χ3n) is 8.19. The fourth-order valence-electron chi connectivity index (χ4n) is 5.57. The van der Waals surface area contributed by atoms with Crippen molar-refractivity contribution in [2.75, 3.05) is 36.0 Å². The minimum absolute atomic E-state index is 0. The molecule has 0 atom stereocenters. The maximum Gasteiger partial charge on any atom is 0.471 e. The number of halogens is 3. The van der Waals surface area contributed by atoms with Crippen LogP contribution in [0.15, 0.2) is 97.1 Å². The lowest BCUT2D eigenvalue weighted by atomic mass is 10.0. The van der Waals surface area contributed by atoms with Gasteiger partial charge in [0, 0.05) is 54.7 Å². The van der Waals surface area contributed by atoms with E-state index in [4.69, 9.17) is 5.73 Å². The van der Waals surface area contributed by atoms with Crippen molar-refractivity contribution in [3.8, 4) is 23.7 Å². The van der Waals surface area contributed by atoms with Crippen LogP contribution in [0.4, 0.5) is 29.3 Å². The van der Waals surface area contributed by atoms with Crippen molar-refractivity contribution in [1.82, 2.24) is 16.0 Å². The zero-order valence-electron chi connectivity index (χ0n) is 31.1. The zero-order valence-corrected chi connectivity index (χ0v) is 31.1. The second-order valence-electron chi connectivity index (χ2n) is 12.3. The summed E-state index contributed by atoms with van der Waals surface area (Å²) in [6, 6.07) is 29.7. The Morgan fingerprint density at radius 1 is 0.603 bits per heavy atom. The lowest BCUT2D eigenvalue weighted by molar-refractivity contribution is -0.173. The fourth-order valence-corrected chi connectivity index (χ4v) is 5.57. The standard InChI is InChI=1S/C21H21N3O2.C20H15F3N2O2.C2H7N.2CH4/c1-2-22-21(26)23-14-13-20(25)24-15-18-9-4-3-7-16(18)11-12-17-8-5-6-10-19(17)24;21-20(22,23)19(27)24-12-11-18(26)25-13-16-7-2-1-5-14(16)9-10-15-6-3-4-8-17(15)25;1-2-3;;/h3-10H,2,13-15H2,1H3,(H2,22,23,26);1-8H,11-13H2,(H,24,27);2-3H2,1H3;2*1H4. The van der Waals surface area contributed by atoms with Crippen LogP contribution in [-0.4, -0.2) is 56.1 Å². The Hall–Kier alpha value is -6.57. The Balaban J connectivity index is 0.000000363. The molecule has 13 heteroatoms. The van der Waals surface area contributed by atoms with E-state index >= 15 is 0 Å². The van der Waals surface area contributed by atoms with Crippen LogP contribution in [0.2, 0.25) is 0 Å². The minimum Gasteiger partial charge on any atom is -0.348 e. The molecule has 0 saturated heterocycles. The van der Waals surface area contributed by atoms with E-state index in [0.717, 1.165) is 40.0 Å². The number of fused-ring (bicyclic) bond motifs is 4. The van der Waals surface area contributed by atoms with Gasteiger partial charge in [0.1, 0.15) is 0 Å². The molecular formula is C45H51F3N6O4. The molecule has 5 N–H and O–H groups in total. The average Bonchev–Trinajstić information content (AvgIpc) is 3.17. The van der Waals surface area contributed by atoms with Gasteiger partial charge in [-0.05, 0) is 61.0 Å². The molecule has 0 aliphatic carbocycles. The van der Waals surface area contributed by atoms with E-state index in [1.807, 2.05) is 86.6 Å². The number of hydrogen-bond acceptors (Lipinski definition) is 5. The maximum absolute atomic E-state index is 12.9. The van der Waals surface area contributed by atoms with E-state index in [0.29, 0.717) is 24.3 Å². The van der Waals surface area contributed by atoms with Crippen molar-refractivity contribution in [1.29, 1.82) is 0 Å². The number of nitrogens with zero attached hydrogens (tertiary/aromatic N) is 2. The number of urea groups is 1. The SMILES string of the molecule is C.C.CCN.CCNC(=O)NCCC(=O)N1Cc2ccccc2C#Cc2ccccc21.O=C(CCNC(=O)C(F)(F)F)N1Cc2ccccc2C#Cc2ccccc21. The number of rotatable bonds is 7. The molecular weight excluding hydrogens is 746 g/mol. The first-order valence-corrected chi connectivity index (χ1v) is 18.0. The number of carbonyl (C=O) groups excluding carboxylic acids is 4. The Morgan fingerprint density at radius 2 is 0.966 bits per heavy atom. The van der Waals surface area contributed by atoms with Gasteiger partial charge in [0.2, 0.25) is 11.8 Å². The van der Waals surface area contributed by atoms with Gasteiger partial charge < -0.3 is 31.5 Å². The van der Waals surface area contributed by atoms with Crippen LogP contribution >= 0.6 is 0 Å². The van der Waals surface area contributed by atoms with Gasteiger partial charge in [-0.25, -0.2) is 4.79 Å². The van der Waals surface area contributed by atoms with Crippen molar-refractivity contribution >= 4 is 35.1 Å². The van der Waals surface area contributed by atoms with Crippen molar-refractivity contribution in [3.05, 3.63) is 130 Å². The fraction of sp³-hybridized carbons (Fsp3) is 0.289. The van der Waals surface area contributed by atoms with E-state index in [1.165, 1.54) is 4.90 Å². The zero-order chi connectivity index (χ0) is 40.5. The topological polar surface area (TPSA) is 137 Å². The molecule has 0 fully saturated rings. The van der Waals surface area contributed by atoms with Crippen LogP contribution < -0.4 is 31.5 Å². The summed E-state index contributed by atoms with van der Waals surface area (Å²) in [6.07, 6.45) is -5.00. The van der Waals surface area contributed by atoms with Crippen LogP contribution in [-0.2, 0) is 27.5 Å². The first-order valence-electron chi connectivity index (χ1n) is 18.0. The number of para-hydroxylation sites is 2. The van der Waals surface area contributed by atoms with Crippen molar-refractivity contribution in [2.24, 2.45) is 5.73 Å². The van der Waals surface area contributed by atoms with Crippen molar-refractivity contribution in [3.63, 3.8) is 0 Å². The highest BCUT2D eigenvalue weighted by molar-refractivity contribution is 5.96. The van der Waals surface area contributed by atoms with E-state index in [9.17, 15) is 32.3 Å². The number of carbonyl (C=O) groups is 4. The Bertz CT molecular complexity index is 2150. The first-order chi connectivity index (χ1) is 27.0. The first kappa shape index (κ1) is 47.6. The van der Waals surface area contributed by atoms with Gasteiger partial charge in [-0.1, -0.05) is 106 Å². The summed E-state index contributed by atoms with van der Waals surface area (Å²) in [5, 5.41) is 7.08. The summed E-state index contributed by atoms with van der Waals surface area (Å²) in [6.45, 7) is 5.64. The summed E-state index contributed by atoms with van der Waals surface area (Å²) in [7, 11) is 0. The minimum atomic E-state index is -4.97. The van der Waals surface area contributed by atoms with Gasteiger partial charge in [0.15, 0.2) is 0 Å². The monoisotopic (exact) mass is 796 g/mol. The molecule has 2 heterocycles. The average molecular weight is 797 g/mol. The van der Waals surface area contributed by atoms with Crippen LogP contribution in [0.1, 0.15) is 74.9 Å². The molecule has 0 unspecified atom stereocenters. The summed E-state index contributed by atoms with van der Waals surface area (Å²) in [5.41, 5.74) is 11.3. The molecule has 0 spiro atoms. The molecule has 2 aliphatic rings. The van der Waals surface area contributed by atoms with Gasteiger partial charge in [0.05, 0.1) is 24.5 Å². The highest BCUT2D eigenvalue weighted by atomic mass is 19.4. The second-order valence-corrected chi connectivity index (χ2v) is 12.3. The molecule has 6 rings (SSSR count). The molecule has 306 valence electrons. The number of benzene rings is 4. The lowest BCUT2D eigenvalue weighted by Gasteiger charge is -2.26. The number of nitrogens with two attached hydrogens (primary N) is 1. The van der Waals surface area contributed by atoms with E-state index in [2.05, 4.69) is 34.3 Å². The number of hydrogen-bond donors (Lipinski definition) is 4. The maximum atomic E-state index is 12.9. The molecule has 4 aromatic carbocycles. The van der Waals surface area contributed by atoms with Crippen molar-refractivity contribution < 1.29 is 32.3 Å². The van der Waals surface area contributed by atoms with E-state index in [-0.39, 0.29) is 52.7 Å². The third-order valence-corrected chi connectivity index (χ3v) is 8.19. The van der Waals surface area contributed by atoms with Crippen LogP contribution in [0, 0.1) is 23.7 Å². The number of anilines is 2. The van der Waals surface area contributed by atoms with Crippen molar-refractivity contribution in [2.45, 2.75) is 60.8 Å². The number of amides is 5. The highest BCUT2D eigenvalue weighted by Gasteiger charge is 2.38. The predicted octanol–water partition coefficient (Wildman–Crippen LogP) is 6.88. The predicted molar refractivity (Wildman–Crippen MR) is 224 cm³/mol. The molecule has 0 radical (unpaired) electrons. The van der Waals surface area contributed by atoms with Gasteiger partial charge in [-0.3, -0.25) is 14.4 Å². The van der Waals surface area contributed by atoms with Gasteiger partial charge in [-0.2, -0.15) is 13.2 Å². The van der Waals surface area contributed by atoms with E-state index < -0.39 is 24.5 Å². The van der Waals surface area contributed by atoms with E-state index in [1.54, 1.807) is 34.5 Å². The molecule has 58 heavy (non-hydrogen) atoms. The molecule has 5 amide bonds.